The number of hydrogen-bond donors (Lipinski definition) is 1. The molecule has 0 fully saturated rings. The molecule has 0 aliphatic carbocycles. The summed E-state index contributed by atoms with van der Waals surface area (Å²) >= 11 is 0. The Morgan fingerprint density at radius 1 is 1.25 bits per heavy atom. The molecule has 28 heavy (non-hydrogen) atoms. The number of rotatable bonds is 5. The fourth-order valence-electron chi connectivity index (χ4n) is 3.42. The van der Waals surface area contributed by atoms with Gasteiger partial charge in [-0.05, 0) is 36.0 Å². The number of nitrogens with zero attached hydrogens (tertiary/aromatic N) is 3. The van der Waals surface area contributed by atoms with E-state index < -0.39 is 17.4 Å². The second-order valence-electron chi connectivity index (χ2n) is 8.13. The average molecular weight is 383 g/mol. The summed E-state index contributed by atoms with van der Waals surface area (Å²) in [5.74, 6) is 0.600. The van der Waals surface area contributed by atoms with Crippen LogP contribution < -0.4 is 16.0 Å². The molecule has 1 aliphatic heterocycles. The van der Waals surface area contributed by atoms with E-state index in [1.165, 1.54) is 10.1 Å². The molecule has 0 saturated heterocycles. The van der Waals surface area contributed by atoms with Crippen molar-refractivity contribution in [2.24, 2.45) is 0 Å². The van der Waals surface area contributed by atoms with Crippen molar-refractivity contribution in [1.29, 1.82) is 5.26 Å². The molecule has 1 aromatic heterocycles. The molecular weight excluding hydrogens is 358 g/mol. The minimum atomic E-state index is -1.06. The first-order chi connectivity index (χ1) is 13.2. The monoisotopic (exact) mass is 383 g/mol. The number of nitriles is 1. The molecule has 1 N–H and O–H groups in total. The lowest BCUT2D eigenvalue weighted by molar-refractivity contribution is 0.0899. The van der Waals surface area contributed by atoms with E-state index in [-0.39, 0.29) is 24.1 Å². The Bertz CT molecular complexity index is 1020. The summed E-state index contributed by atoms with van der Waals surface area (Å²) in [4.78, 5) is 25.1. The first-order valence-electron chi connectivity index (χ1n) is 9.40. The van der Waals surface area contributed by atoms with Crippen molar-refractivity contribution in [2.45, 2.75) is 58.2 Å². The van der Waals surface area contributed by atoms with Gasteiger partial charge in [0, 0.05) is 12.2 Å². The van der Waals surface area contributed by atoms with Gasteiger partial charge in [0.1, 0.15) is 30.1 Å². The molecule has 0 saturated carbocycles. The lowest BCUT2D eigenvalue weighted by Gasteiger charge is -2.19. The SMILES string of the molecule is CC(C)(C)c1ccc(OCC(O)Cn2c(=O)c(C#N)c3n(c2=O)CCC3)cc1. The number of aromatic nitrogens is 2. The molecule has 0 radical (unpaired) electrons. The highest BCUT2D eigenvalue weighted by atomic mass is 16.5. The first-order valence-corrected chi connectivity index (χ1v) is 9.40. The quantitative estimate of drug-likeness (QED) is 0.845. The van der Waals surface area contributed by atoms with Crippen LogP contribution in [0.25, 0.3) is 0 Å². The second-order valence-corrected chi connectivity index (χ2v) is 8.13. The second kappa shape index (κ2) is 7.64. The van der Waals surface area contributed by atoms with Gasteiger partial charge in [0.2, 0.25) is 0 Å². The molecule has 7 heteroatoms. The molecule has 7 nitrogen and oxygen atoms in total. The normalized spacial score (nSPS) is 14.4. The molecule has 1 aromatic carbocycles. The first kappa shape index (κ1) is 19.9. The molecule has 3 rings (SSSR count). The fraction of sp³-hybridized carbons (Fsp3) is 0.476. The van der Waals surface area contributed by atoms with E-state index in [1.54, 1.807) is 0 Å². The smallest absolute Gasteiger partial charge is 0.331 e. The van der Waals surface area contributed by atoms with Crippen LogP contribution in [-0.2, 0) is 24.9 Å². The minimum Gasteiger partial charge on any atom is -0.491 e. The maximum Gasteiger partial charge on any atom is 0.331 e. The van der Waals surface area contributed by atoms with Gasteiger partial charge in [-0.1, -0.05) is 32.9 Å². The molecule has 1 aliphatic rings. The van der Waals surface area contributed by atoms with Crippen LogP contribution in [-0.4, -0.2) is 27.0 Å². The van der Waals surface area contributed by atoms with Crippen molar-refractivity contribution in [3.8, 4) is 11.8 Å². The van der Waals surface area contributed by atoms with E-state index in [9.17, 15) is 20.0 Å². The van der Waals surface area contributed by atoms with Gasteiger partial charge in [-0.15, -0.1) is 0 Å². The highest BCUT2D eigenvalue weighted by Crippen LogP contribution is 2.24. The van der Waals surface area contributed by atoms with Gasteiger partial charge in [0.05, 0.1) is 6.54 Å². The third-order valence-electron chi connectivity index (χ3n) is 5.00. The van der Waals surface area contributed by atoms with Crippen LogP contribution in [0.2, 0.25) is 0 Å². The Balaban J connectivity index is 1.72. The largest absolute Gasteiger partial charge is 0.491 e. The molecule has 2 aromatic rings. The highest BCUT2D eigenvalue weighted by molar-refractivity contribution is 5.33. The molecule has 1 atom stereocenters. The van der Waals surface area contributed by atoms with Crippen molar-refractivity contribution in [3.05, 3.63) is 61.9 Å². The molecule has 148 valence electrons. The Labute approximate surface area is 163 Å². The molecule has 0 amide bonds. The topological polar surface area (TPSA) is 97.2 Å². The molecule has 0 bridgehead atoms. The third-order valence-corrected chi connectivity index (χ3v) is 5.00. The van der Waals surface area contributed by atoms with Crippen molar-refractivity contribution in [3.63, 3.8) is 0 Å². The van der Waals surface area contributed by atoms with E-state index >= 15 is 0 Å². The summed E-state index contributed by atoms with van der Waals surface area (Å²) in [5.41, 5.74) is 0.566. The van der Waals surface area contributed by atoms with Crippen LogP contribution in [0.5, 0.6) is 5.75 Å². The Morgan fingerprint density at radius 2 is 1.93 bits per heavy atom. The van der Waals surface area contributed by atoms with Gasteiger partial charge in [-0.25, -0.2) is 4.79 Å². The van der Waals surface area contributed by atoms with E-state index in [4.69, 9.17) is 4.74 Å². The molecular formula is C21H25N3O4. The van der Waals surface area contributed by atoms with Gasteiger partial charge in [-0.2, -0.15) is 5.26 Å². The predicted octanol–water partition coefficient (Wildman–Crippen LogP) is 1.57. The van der Waals surface area contributed by atoms with E-state index in [2.05, 4.69) is 20.8 Å². The summed E-state index contributed by atoms with van der Waals surface area (Å²) in [6, 6.07) is 9.51. The number of aliphatic hydroxyl groups excluding tert-OH is 1. The van der Waals surface area contributed by atoms with Gasteiger partial charge >= 0.3 is 5.69 Å². The van der Waals surface area contributed by atoms with E-state index in [1.807, 2.05) is 30.3 Å². The van der Waals surface area contributed by atoms with Gasteiger partial charge < -0.3 is 9.84 Å². The molecule has 2 heterocycles. The minimum absolute atomic E-state index is 0.0111. The highest BCUT2D eigenvalue weighted by Gasteiger charge is 2.23. The van der Waals surface area contributed by atoms with E-state index in [0.29, 0.717) is 24.4 Å². The van der Waals surface area contributed by atoms with Crippen molar-refractivity contribution < 1.29 is 9.84 Å². The van der Waals surface area contributed by atoms with Crippen LogP contribution >= 0.6 is 0 Å². The maximum absolute atomic E-state index is 12.6. The van der Waals surface area contributed by atoms with Crippen LogP contribution in [0.3, 0.4) is 0 Å². The van der Waals surface area contributed by atoms with Crippen LogP contribution in [0.1, 0.15) is 44.0 Å². The maximum atomic E-state index is 12.6. The van der Waals surface area contributed by atoms with Crippen molar-refractivity contribution in [2.75, 3.05) is 6.61 Å². The van der Waals surface area contributed by atoms with Gasteiger partial charge in [0.15, 0.2) is 0 Å². The van der Waals surface area contributed by atoms with Crippen molar-refractivity contribution >= 4 is 0 Å². The summed E-state index contributed by atoms with van der Waals surface area (Å²) in [6.45, 7) is 6.56. The van der Waals surface area contributed by atoms with E-state index in [0.717, 1.165) is 11.0 Å². The van der Waals surface area contributed by atoms with Crippen LogP contribution in [0.4, 0.5) is 0 Å². The zero-order valence-electron chi connectivity index (χ0n) is 16.4. The number of fused-ring (bicyclic) bond motifs is 1. The summed E-state index contributed by atoms with van der Waals surface area (Å²) in [7, 11) is 0. The standard InChI is InChI=1S/C21H25N3O4/c1-21(2,3)14-6-8-16(9-7-14)28-13-15(25)12-24-19(26)17(11-22)18-5-4-10-23(18)20(24)27/h6-9,15,25H,4-5,10,12-13H2,1-3H3. The Kier molecular flexibility index (Phi) is 5.43. The lowest BCUT2D eigenvalue weighted by atomic mass is 9.87. The van der Waals surface area contributed by atoms with Crippen LogP contribution in [0.15, 0.2) is 33.9 Å². The van der Waals surface area contributed by atoms with Gasteiger partial charge in [-0.3, -0.25) is 13.9 Å². The fourth-order valence-corrected chi connectivity index (χ4v) is 3.42. The van der Waals surface area contributed by atoms with Crippen molar-refractivity contribution in [1.82, 2.24) is 9.13 Å². The Morgan fingerprint density at radius 3 is 2.54 bits per heavy atom. The number of benzene rings is 1. The number of aliphatic hydroxyl groups is 1. The average Bonchev–Trinajstić information content (AvgIpc) is 3.13. The van der Waals surface area contributed by atoms with Crippen LogP contribution in [0, 0.1) is 11.3 Å². The summed E-state index contributed by atoms with van der Waals surface area (Å²) in [5, 5.41) is 19.6. The molecule has 1 unspecified atom stereocenters. The van der Waals surface area contributed by atoms with Gasteiger partial charge in [0.25, 0.3) is 5.56 Å². The third kappa shape index (κ3) is 3.87. The Hall–Kier alpha value is -2.85. The number of hydrogen-bond acceptors (Lipinski definition) is 5. The zero-order chi connectivity index (χ0) is 20.5. The zero-order valence-corrected chi connectivity index (χ0v) is 16.4. The summed E-state index contributed by atoms with van der Waals surface area (Å²) in [6.07, 6.45) is 0.216. The summed E-state index contributed by atoms with van der Waals surface area (Å²) < 4.78 is 7.99. The predicted molar refractivity (Wildman–Crippen MR) is 105 cm³/mol. The molecule has 0 spiro atoms. The lowest BCUT2D eigenvalue weighted by Crippen LogP contribution is -2.44. The number of ether oxygens (including phenoxy) is 1.